The minimum atomic E-state index is 0. The van der Waals surface area contributed by atoms with Crippen LogP contribution in [-0.4, -0.2) is 29.6 Å². The van der Waals surface area contributed by atoms with Gasteiger partial charge in [-0.1, -0.05) is 45.2 Å². The molecule has 3 rings (SSSR count). The van der Waals surface area contributed by atoms with Gasteiger partial charge >= 0.3 is 0 Å². The van der Waals surface area contributed by atoms with E-state index in [0.29, 0.717) is 11.7 Å². The van der Waals surface area contributed by atoms with Gasteiger partial charge in [-0.25, -0.2) is 0 Å². The molecule has 1 aromatic carbocycles. The largest absolute Gasteiger partial charge is 0.508 e. The first-order chi connectivity index (χ1) is 10.6. The molecule has 1 saturated heterocycles. The third-order valence-corrected chi connectivity index (χ3v) is 6.31. The summed E-state index contributed by atoms with van der Waals surface area (Å²) < 4.78 is 0. The van der Waals surface area contributed by atoms with Crippen molar-refractivity contribution in [3.63, 3.8) is 0 Å². The third kappa shape index (κ3) is 4.22. The lowest BCUT2D eigenvalue weighted by atomic mass is 9.68. The Hall–Kier alpha value is -0.730. The number of halogens is 1. The molecule has 0 amide bonds. The molecule has 1 N–H and O–H groups in total. The summed E-state index contributed by atoms with van der Waals surface area (Å²) in [6, 6.07) is 7.91. The molecular formula is C20H32ClNO. The molecule has 1 heterocycles. The van der Waals surface area contributed by atoms with Crippen molar-refractivity contribution in [3.05, 3.63) is 29.8 Å². The van der Waals surface area contributed by atoms with Crippen molar-refractivity contribution in [1.82, 2.24) is 4.90 Å². The predicted octanol–water partition coefficient (Wildman–Crippen LogP) is 4.99. The number of phenolic OH excluding ortho intramolecular Hbond substituents is 1. The summed E-state index contributed by atoms with van der Waals surface area (Å²) >= 11 is 0. The molecule has 1 aromatic rings. The minimum Gasteiger partial charge on any atom is -0.508 e. The van der Waals surface area contributed by atoms with Crippen LogP contribution in [0.5, 0.6) is 5.75 Å². The molecule has 1 aliphatic carbocycles. The minimum absolute atomic E-state index is 0. The maximum Gasteiger partial charge on any atom is 0.115 e. The predicted molar refractivity (Wildman–Crippen MR) is 99.5 cm³/mol. The molecule has 2 atom stereocenters. The normalized spacial score (nSPS) is 29.9. The Morgan fingerprint density at radius 1 is 1.22 bits per heavy atom. The van der Waals surface area contributed by atoms with Crippen LogP contribution in [0.2, 0.25) is 0 Å². The number of piperidine rings is 1. The molecule has 3 heteroatoms. The Morgan fingerprint density at radius 3 is 2.61 bits per heavy atom. The Labute approximate surface area is 147 Å². The van der Waals surface area contributed by atoms with E-state index >= 15 is 0 Å². The first kappa shape index (κ1) is 18.6. The number of hydrogen-bond acceptors (Lipinski definition) is 2. The Balaban J connectivity index is 0.00000192. The number of rotatable bonds is 3. The molecule has 0 spiro atoms. The van der Waals surface area contributed by atoms with Gasteiger partial charge in [-0.15, -0.1) is 12.4 Å². The third-order valence-electron chi connectivity index (χ3n) is 6.31. The van der Waals surface area contributed by atoms with E-state index in [1.54, 1.807) is 6.07 Å². The first-order valence-corrected chi connectivity index (χ1v) is 9.10. The van der Waals surface area contributed by atoms with Crippen LogP contribution in [0.15, 0.2) is 24.3 Å². The van der Waals surface area contributed by atoms with Crippen LogP contribution >= 0.6 is 12.4 Å². The summed E-state index contributed by atoms with van der Waals surface area (Å²) in [7, 11) is 0. The maximum absolute atomic E-state index is 9.80. The van der Waals surface area contributed by atoms with Gasteiger partial charge in [0.1, 0.15) is 5.75 Å². The van der Waals surface area contributed by atoms with E-state index in [9.17, 15) is 5.11 Å². The molecular weight excluding hydrogens is 306 g/mol. The highest BCUT2D eigenvalue weighted by Crippen LogP contribution is 2.40. The summed E-state index contributed by atoms with van der Waals surface area (Å²) in [5.74, 6) is 1.97. The first-order valence-electron chi connectivity index (χ1n) is 9.10. The molecule has 0 unspecified atom stereocenters. The Bertz CT molecular complexity index is 500. The molecule has 130 valence electrons. The highest BCUT2D eigenvalue weighted by atomic mass is 35.5. The second-order valence-corrected chi connectivity index (χ2v) is 7.88. The number of hydrogen-bond donors (Lipinski definition) is 1. The highest BCUT2D eigenvalue weighted by Gasteiger charge is 2.38. The monoisotopic (exact) mass is 337 g/mol. The van der Waals surface area contributed by atoms with Gasteiger partial charge in [0.2, 0.25) is 0 Å². The van der Waals surface area contributed by atoms with Crippen molar-refractivity contribution >= 4 is 12.4 Å². The van der Waals surface area contributed by atoms with E-state index in [1.165, 1.54) is 63.7 Å². The topological polar surface area (TPSA) is 23.5 Å². The molecule has 23 heavy (non-hydrogen) atoms. The Kier molecular flexibility index (Phi) is 6.39. The van der Waals surface area contributed by atoms with Crippen LogP contribution in [0.25, 0.3) is 0 Å². The fourth-order valence-corrected chi connectivity index (χ4v) is 4.51. The van der Waals surface area contributed by atoms with Gasteiger partial charge in [0.25, 0.3) is 0 Å². The summed E-state index contributed by atoms with van der Waals surface area (Å²) in [4.78, 5) is 2.70. The van der Waals surface area contributed by atoms with E-state index in [4.69, 9.17) is 0 Å². The zero-order valence-corrected chi connectivity index (χ0v) is 15.4. The molecule has 2 aliphatic rings. The summed E-state index contributed by atoms with van der Waals surface area (Å²) in [5, 5.41) is 9.80. The van der Waals surface area contributed by atoms with Gasteiger partial charge in [0.15, 0.2) is 0 Å². The van der Waals surface area contributed by atoms with Gasteiger partial charge in [-0.2, -0.15) is 0 Å². The molecule has 1 aliphatic heterocycles. The molecule has 0 aromatic heterocycles. The standard InChI is InChI=1S/C20H31NO.ClH/c1-16-14-21(15-17-7-4-3-5-8-17)12-11-20(16,2)18-9-6-10-19(22)13-18;/h6,9-10,13,16-17,22H,3-5,7-8,11-12,14-15H2,1-2H3;1H/t16-,20-;/m0./s1. The zero-order chi connectivity index (χ0) is 15.6. The fraction of sp³-hybridized carbons (Fsp3) is 0.700. The summed E-state index contributed by atoms with van der Waals surface area (Å²) in [6.07, 6.45) is 8.40. The van der Waals surface area contributed by atoms with Gasteiger partial charge in [0, 0.05) is 13.1 Å². The lowest BCUT2D eigenvalue weighted by Gasteiger charge is -2.46. The molecule has 1 saturated carbocycles. The van der Waals surface area contributed by atoms with Gasteiger partial charge in [-0.05, 0) is 60.8 Å². The van der Waals surface area contributed by atoms with Crippen molar-refractivity contribution in [2.45, 2.75) is 57.8 Å². The van der Waals surface area contributed by atoms with Gasteiger partial charge < -0.3 is 10.0 Å². The SMILES string of the molecule is C[C@H]1CN(CC2CCCCC2)CC[C@]1(C)c1cccc(O)c1.Cl. The van der Waals surface area contributed by atoms with Crippen LogP contribution in [-0.2, 0) is 5.41 Å². The summed E-state index contributed by atoms with van der Waals surface area (Å²) in [6.45, 7) is 8.47. The van der Waals surface area contributed by atoms with Crippen molar-refractivity contribution in [1.29, 1.82) is 0 Å². The van der Waals surface area contributed by atoms with Crippen LogP contribution in [0, 0.1) is 11.8 Å². The van der Waals surface area contributed by atoms with Gasteiger partial charge in [-0.3, -0.25) is 0 Å². The van der Waals surface area contributed by atoms with Crippen molar-refractivity contribution in [2.75, 3.05) is 19.6 Å². The van der Waals surface area contributed by atoms with Crippen molar-refractivity contribution in [2.24, 2.45) is 11.8 Å². The second kappa shape index (κ2) is 7.90. The van der Waals surface area contributed by atoms with E-state index in [1.807, 2.05) is 12.1 Å². The van der Waals surface area contributed by atoms with Crippen LogP contribution in [0.4, 0.5) is 0 Å². The Morgan fingerprint density at radius 2 is 1.96 bits per heavy atom. The van der Waals surface area contributed by atoms with E-state index in [2.05, 4.69) is 24.8 Å². The van der Waals surface area contributed by atoms with Crippen LogP contribution in [0.1, 0.15) is 57.9 Å². The van der Waals surface area contributed by atoms with E-state index < -0.39 is 0 Å². The van der Waals surface area contributed by atoms with Crippen molar-refractivity contribution in [3.8, 4) is 5.75 Å². The van der Waals surface area contributed by atoms with Crippen LogP contribution < -0.4 is 0 Å². The average Bonchev–Trinajstić information content (AvgIpc) is 2.52. The summed E-state index contributed by atoms with van der Waals surface area (Å²) in [5.41, 5.74) is 1.50. The van der Waals surface area contributed by atoms with E-state index in [-0.39, 0.29) is 17.8 Å². The molecule has 0 bridgehead atoms. The van der Waals surface area contributed by atoms with Gasteiger partial charge in [0.05, 0.1) is 0 Å². The van der Waals surface area contributed by atoms with Crippen LogP contribution in [0.3, 0.4) is 0 Å². The quantitative estimate of drug-likeness (QED) is 0.839. The molecule has 0 radical (unpaired) electrons. The highest BCUT2D eigenvalue weighted by molar-refractivity contribution is 5.85. The number of phenols is 1. The number of benzene rings is 1. The lowest BCUT2D eigenvalue weighted by molar-refractivity contribution is 0.0896. The average molecular weight is 338 g/mol. The number of aromatic hydroxyl groups is 1. The van der Waals surface area contributed by atoms with Crippen molar-refractivity contribution < 1.29 is 5.11 Å². The molecule has 2 fully saturated rings. The van der Waals surface area contributed by atoms with E-state index in [0.717, 1.165) is 5.92 Å². The number of likely N-dealkylation sites (tertiary alicyclic amines) is 1. The second-order valence-electron chi connectivity index (χ2n) is 7.88. The maximum atomic E-state index is 9.80. The zero-order valence-electron chi connectivity index (χ0n) is 14.6. The number of nitrogens with zero attached hydrogens (tertiary/aromatic N) is 1. The fourth-order valence-electron chi connectivity index (χ4n) is 4.51. The smallest absolute Gasteiger partial charge is 0.115 e. The molecule has 2 nitrogen and oxygen atoms in total. The lowest BCUT2D eigenvalue weighted by Crippen LogP contribution is -2.48.